The van der Waals surface area contributed by atoms with Gasteiger partial charge in [0.25, 0.3) is 5.95 Å². The van der Waals surface area contributed by atoms with Crippen LogP contribution in [0.3, 0.4) is 0 Å². The number of aromatic nitrogens is 6. The highest BCUT2D eigenvalue weighted by atomic mass is 16.5. The van der Waals surface area contributed by atoms with Crippen LogP contribution >= 0.6 is 0 Å². The van der Waals surface area contributed by atoms with Crippen LogP contribution in [0.5, 0.6) is 0 Å². The topological polar surface area (TPSA) is 123 Å². The standard InChI is InChI=1S/C19H18N8O2/c1-2-21-19(28)24-18-22-15-9-13(12-4-3-7-20-10-12)8-14(27(15)25-18)16-23-17(29-26-16)11-5-6-11/h3-4,7-11H,2,5-6H2,1H3,(H2,21,24,25,28). The molecular formula is C19H18N8O2. The van der Waals surface area contributed by atoms with Crippen molar-refractivity contribution in [3.05, 3.63) is 42.5 Å². The zero-order chi connectivity index (χ0) is 19.8. The van der Waals surface area contributed by atoms with Crippen molar-refractivity contribution in [3.63, 3.8) is 0 Å². The molecule has 10 nitrogen and oxygen atoms in total. The number of carbonyl (C=O) groups is 1. The van der Waals surface area contributed by atoms with Gasteiger partial charge in [0.2, 0.25) is 11.7 Å². The van der Waals surface area contributed by atoms with Gasteiger partial charge < -0.3 is 9.84 Å². The van der Waals surface area contributed by atoms with Gasteiger partial charge in [-0.1, -0.05) is 11.2 Å². The third-order valence-electron chi connectivity index (χ3n) is 4.59. The van der Waals surface area contributed by atoms with Gasteiger partial charge in [-0.25, -0.2) is 9.31 Å². The molecule has 0 spiro atoms. The fourth-order valence-corrected chi connectivity index (χ4v) is 3.04. The lowest BCUT2D eigenvalue weighted by atomic mass is 10.1. The largest absolute Gasteiger partial charge is 0.339 e. The number of nitrogens with zero attached hydrogens (tertiary/aromatic N) is 6. The minimum Gasteiger partial charge on any atom is -0.339 e. The Hall–Kier alpha value is -3.82. The molecule has 1 saturated carbocycles. The summed E-state index contributed by atoms with van der Waals surface area (Å²) < 4.78 is 7.03. The first-order chi connectivity index (χ1) is 14.2. The first-order valence-electron chi connectivity index (χ1n) is 9.41. The Bertz CT molecular complexity index is 1180. The highest BCUT2D eigenvalue weighted by molar-refractivity contribution is 5.87. The zero-order valence-electron chi connectivity index (χ0n) is 15.7. The van der Waals surface area contributed by atoms with E-state index in [1.807, 2.05) is 31.2 Å². The van der Waals surface area contributed by atoms with Gasteiger partial charge in [0.05, 0.1) is 0 Å². The van der Waals surface area contributed by atoms with E-state index in [1.165, 1.54) is 0 Å². The van der Waals surface area contributed by atoms with Gasteiger partial charge in [-0.2, -0.15) is 9.97 Å². The highest BCUT2D eigenvalue weighted by Gasteiger charge is 2.30. The molecule has 0 radical (unpaired) electrons. The predicted molar refractivity (Wildman–Crippen MR) is 104 cm³/mol. The van der Waals surface area contributed by atoms with E-state index in [9.17, 15) is 4.79 Å². The van der Waals surface area contributed by atoms with E-state index in [0.717, 1.165) is 24.0 Å². The van der Waals surface area contributed by atoms with Crippen molar-refractivity contribution in [1.82, 2.24) is 35.0 Å². The van der Waals surface area contributed by atoms with Gasteiger partial charge in [-0.15, -0.1) is 5.10 Å². The van der Waals surface area contributed by atoms with Crippen LogP contribution in [-0.4, -0.2) is 42.3 Å². The number of carbonyl (C=O) groups excluding carboxylic acids is 1. The quantitative estimate of drug-likeness (QED) is 0.537. The van der Waals surface area contributed by atoms with E-state index in [4.69, 9.17) is 4.52 Å². The van der Waals surface area contributed by atoms with Crippen molar-refractivity contribution in [1.29, 1.82) is 0 Å². The lowest BCUT2D eigenvalue weighted by Crippen LogP contribution is -2.28. The molecule has 5 rings (SSSR count). The van der Waals surface area contributed by atoms with Gasteiger partial charge in [0.1, 0.15) is 5.69 Å². The fourth-order valence-electron chi connectivity index (χ4n) is 3.04. The maximum absolute atomic E-state index is 11.9. The molecule has 10 heteroatoms. The third-order valence-corrected chi connectivity index (χ3v) is 4.59. The normalized spacial score (nSPS) is 13.6. The maximum Gasteiger partial charge on any atom is 0.321 e. The molecule has 4 aromatic heterocycles. The molecule has 0 unspecified atom stereocenters. The summed E-state index contributed by atoms with van der Waals surface area (Å²) in [5.41, 5.74) is 2.97. The molecular weight excluding hydrogens is 372 g/mol. The minimum absolute atomic E-state index is 0.187. The fraction of sp³-hybridized carbons (Fsp3) is 0.263. The van der Waals surface area contributed by atoms with E-state index >= 15 is 0 Å². The average Bonchev–Trinajstić information content (AvgIpc) is 3.32. The molecule has 0 saturated heterocycles. The Morgan fingerprint density at radius 3 is 2.93 bits per heavy atom. The average molecular weight is 390 g/mol. The van der Waals surface area contributed by atoms with Crippen molar-refractivity contribution < 1.29 is 9.32 Å². The SMILES string of the molecule is CCNC(=O)Nc1nc2cc(-c3cccnc3)cc(-c3noc(C4CC4)n3)n2n1. The molecule has 2 N–H and O–H groups in total. The van der Waals surface area contributed by atoms with Crippen LogP contribution in [0.4, 0.5) is 10.7 Å². The second-order valence-corrected chi connectivity index (χ2v) is 6.79. The maximum atomic E-state index is 11.9. The van der Waals surface area contributed by atoms with Crippen molar-refractivity contribution in [2.45, 2.75) is 25.7 Å². The van der Waals surface area contributed by atoms with Crippen LogP contribution in [0.1, 0.15) is 31.6 Å². The molecule has 1 aliphatic carbocycles. The van der Waals surface area contributed by atoms with Crippen LogP contribution in [-0.2, 0) is 0 Å². The second kappa shape index (κ2) is 6.97. The summed E-state index contributed by atoms with van der Waals surface area (Å²) in [5.74, 6) is 1.60. The summed E-state index contributed by atoms with van der Waals surface area (Å²) in [6, 6.07) is 7.24. The molecule has 1 fully saturated rings. The van der Waals surface area contributed by atoms with Gasteiger partial charge in [0.15, 0.2) is 5.65 Å². The number of anilines is 1. The minimum atomic E-state index is -0.368. The van der Waals surface area contributed by atoms with E-state index < -0.39 is 0 Å². The van der Waals surface area contributed by atoms with Crippen molar-refractivity contribution >= 4 is 17.6 Å². The Kier molecular flexibility index (Phi) is 4.15. The van der Waals surface area contributed by atoms with Crippen LogP contribution in [0.25, 0.3) is 28.3 Å². The summed E-state index contributed by atoms with van der Waals surface area (Å²) in [6.45, 7) is 2.34. The number of pyridine rings is 2. The number of amides is 2. The third kappa shape index (κ3) is 3.40. The number of rotatable bonds is 5. The smallest absolute Gasteiger partial charge is 0.321 e. The van der Waals surface area contributed by atoms with Crippen molar-refractivity contribution in [2.75, 3.05) is 11.9 Å². The number of hydrogen-bond acceptors (Lipinski definition) is 7. The first kappa shape index (κ1) is 17.3. The summed E-state index contributed by atoms with van der Waals surface area (Å²) >= 11 is 0. The van der Waals surface area contributed by atoms with Crippen LogP contribution in [0.15, 0.2) is 41.2 Å². The van der Waals surface area contributed by atoms with Gasteiger partial charge in [-0.3, -0.25) is 10.3 Å². The molecule has 0 bridgehead atoms. The lowest BCUT2D eigenvalue weighted by Gasteiger charge is -2.05. The predicted octanol–water partition coefficient (Wildman–Crippen LogP) is 2.86. The number of fused-ring (bicyclic) bond motifs is 1. The molecule has 0 atom stereocenters. The Morgan fingerprint density at radius 2 is 2.17 bits per heavy atom. The van der Waals surface area contributed by atoms with Gasteiger partial charge in [0, 0.05) is 30.4 Å². The Labute approximate surface area is 165 Å². The first-order valence-corrected chi connectivity index (χ1v) is 9.41. The van der Waals surface area contributed by atoms with E-state index in [-0.39, 0.29) is 12.0 Å². The van der Waals surface area contributed by atoms with Crippen LogP contribution < -0.4 is 10.6 Å². The Morgan fingerprint density at radius 1 is 1.28 bits per heavy atom. The molecule has 0 aromatic carbocycles. The van der Waals surface area contributed by atoms with Crippen LogP contribution in [0.2, 0.25) is 0 Å². The van der Waals surface area contributed by atoms with Gasteiger partial charge in [-0.05, 0) is 43.5 Å². The summed E-state index contributed by atoms with van der Waals surface area (Å²) in [7, 11) is 0. The molecule has 1 aliphatic rings. The molecule has 2 amide bonds. The summed E-state index contributed by atoms with van der Waals surface area (Å²) in [4.78, 5) is 25.0. The van der Waals surface area contributed by atoms with E-state index in [2.05, 4.69) is 35.8 Å². The number of hydrogen-bond donors (Lipinski definition) is 2. The van der Waals surface area contributed by atoms with Crippen molar-refractivity contribution in [2.24, 2.45) is 0 Å². The number of urea groups is 1. The van der Waals surface area contributed by atoms with E-state index in [0.29, 0.717) is 35.5 Å². The molecule has 146 valence electrons. The zero-order valence-corrected chi connectivity index (χ0v) is 15.7. The Balaban J connectivity index is 1.62. The lowest BCUT2D eigenvalue weighted by molar-refractivity contribution is 0.252. The molecule has 0 aliphatic heterocycles. The second-order valence-electron chi connectivity index (χ2n) is 6.79. The van der Waals surface area contributed by atoms with Crippen molar-refractivity contribution in [3.8, 4) is 22.6 Å². The summed E-state index contributed by atoms with van der Waals surface area (Å²) in [5, 5.41) is 13.8. The molecule has 4 aromatic rings. The number of nitrogens with one attached hydrogen (secondary N) is 2. The monoisotopic (exact) mass is 390 g/mol. The molecule has 29 heavy (non-hydrogen) atoms. The van der Waals surface area contributed by atoms with Gasteiger partial charge >= 0.3 is 6.03 Å². The van der Waals surface area contributed by atoms with E-state index in [1.54, 1.807) is 16.9 Å². The highest BCUT2D eigenvalue weighted by Crippen LogP contribution is 2.39. The molecule has 4 heterocycles. The van der Waals surface area contributed by atoms with Crippen LogP contribution in [0, 0.1) is 0 Å². The summed E-state index contributed by atoms with van der Waals surface area (Å²) in [6.07, 6.45) is 5.62.